The van der Waals surface area contributed by atoms with Crippen molar-refractivity contribution in [1.82, 2.24) is 9.78 Å². The van der Waals surface area contributed by atoms with E-state index in [0.29, 0.717) is 25.3 Å². The van der Waals surface area contributed by atoms with Crippen LogP contribution in [0.3, 0.4) is 0 Å². The zero-order valence-electron chi connectivity index (χ0n) is 9.81. The Morgan fingerprint density at radius 1 is 1.44 bits per heavy atom. The standard InChI is InChI=1S/C11H18N2O3/c1-3-6-15-7-5-13-9-10(8-12-13)11(14)16-4-2/h8-9H,3-7H2,1-2H3. The molecule has 5 nitrogen and oxygen atoms in total. The maximum absolute atomic E-state index is 11.3. The first-order valence-electron chi connectivity index (χ1n) is 5.55. The SMILES string of the molecule is CCCOCCn1cc(C(=O)OCC)cn1. The van der Waals surface area contributed by atoms with Gasteiger partial charge in [0.2, 0.25) is 0 Å². The van der Waals surface area contributed by atoms with Crippen molar-refractivity contribution in [2.24, 2.45) is 0 Å². The lowest BCUT2D eigenvalue weighted by Crippen LogP contribution is -2.07. The van der Waals surface area contributed by atoms with Crippen LogP contribution in [-0.4, -0.2) is 35.6 Å². The summed E-state index contributed by atoms with van der Waals surface area (Å²) in [6.45, 7) is 6.24. The van der Waals surface area contributed by atoms with Gasteiger partial charge in [-0.2, -0.15) is 5.10 Å². The van der Waals surface area contributed by atoms with Gasteiger partial charge in [-0.05, 0) is 13.3 Å². The minimum Gasteiger partial charge on any atom is -0.462 e. The van der Waals surface area contributed by atoms with Crippen LogP contribution in [0.2, 0.25) is 0 Å². The van der Waals surface area contributed by atoms with Crippen molar-refractivity contribution in [2.75, 3.05) is 19.8 Å². The lowest BCUT2D eigenvalue weighted by atomic mass is 10.4. The summed E-state index contributed by atoms with van der Waals surface area (Å²) in [5.74, 6) is -0.330. The first-order chi connectivity index (χ1) is 7.77. The van der Waals surface area contributed by atoms with E-state index < -0.39 is 0 Å². The smallest absolute Gasteiger partial charge is 0.341 e. The first-order valence-corrected chi connectivity index (χ1v) is 5.55. The number of ether oxygens (including phenoxy) is 2. The molecule has 0 saturated heterocycles. The third kappa shape index (κ3) is 4.02. The molecule has 0 spiro atoms. The maximum Gasteiger partial charge on any atom is 0.341 e. The van der Waals surface area contributed by atoms with Crippen LogP contribution in [0.4, 0.5) is 0 Å². The third-order valence-electron chi connectivity index (χ3n) is 1.96. The van der Waals surface area contributed by atoms with Crippen molar-refractivity contribution < 1.29 is 14.3 Å². The molecule has 1 aromatic rings. The number of aromatic nitrogens is 2. The summed E-state index contributed by atoms with van der Waals surface area (Å²) >= 11 is 0. The highest BCUT2D eigenvalue weighted by molar-refractivity contribution is 5.88. The quantitative estimate of drug-likeness (QED) is 0.522. The number of esters is 1. The van der Waals surface area contributed by atoms with Crippen molar-refractivity contribution in [1.29, 1.82) is 0 Å². The molecule has 16 heavy (non-hydrogen) atoms. The summed E-state index contributed by atoms with van der Waals surface area (Å²) < 4.78 is 11.9. The summed E-state index contributed by atoms with van der Waals surface area (Å²) in [5, 5.41) is 4.05. The fraction of sp³-hybridized carbons (Fsp3) is 0.636. The molecule has 0 unspecified atom stereocenters. The number of hydrogen-bond acceptors (Lipinski definition) is 4. The number of hydrogen-bond donors (Lipinski definition) is 0. The van der Waals surface area contributed by atoms with Gasteiger partial charge in [0.05, 0.1) is 31.5 Å². The lowest BCUT2D eigenvalue weighted by Gasteiger charge is -2.02. The van der Waals surface area contributed by atoms with Gasteiger partial charge in [-0.3, -0.25) is 4.68 Å². The molecule has 0 bridgehead atoms. The topological polar surface area (TPSA) is 53.4 Å². The van der Waals surface area contributed by atoms with Crippen LogP contribution in [-0.2, 0) is 16.0 Å². The van der Waals surface area contributed by atoms with Crippen LogP contribution >= 0.6 is 0 Å². The van der Waals surface area contributed by atoms with Crippen molar-refractivity contribution >= 4 is 5.97 Å². The Hall–Kier alpha value is -1.36. The molecule has 0 saturated carbocycles. The lowest BCUT2D eigenvalue weighted by molar-refractivity contribution is 0.0526. The molecule has 0 N–H and O–H groups in total. The minimum absolute atomic E-state index is 0.330. The van der Waals surface area contributed by atoms with Gasteiger partial charge < -0.3 is 9.47 Å². The Kier molecular flexibility index (Phi) is 5.56. The van der Waals surface area contributed by atoms with Crippen LogP contribution in [0.15, 0.2) is 12.4 Å². The zero-order valence-corrected chi connectivity index (χ0v) is 9.81. The Morgan fingerprint density at radius 3 is 2.94 bits per heavy atom. The van der Waals surface area contributed by atoms with E-state index in [-0.39, 0.29) is 5.97 Å². The van der Waals surface area contributed by atoms with Crippen LogP contribution in [0.25, 0.3) is 0 Å². The Bertz CT molecular complexity index is 323. The second kappa shape index (κ2) is 7.00. The fourth-order valence-corrected chi connectivity index (χ4v) is 1.21. The van der Waals surface area contributed by atoms with E-state index in [9.17, 15) is 4.79 Å². The molecule has 0 aromatic carbocycles. The molecule has 0 radical (unpaired) electrons. The number of carbonyl (C=O) groups excluding carboxylic acids is 1. The van der Waals surface area contributed by atoms with Crippen LogP contribution in [0, 0.1) is 0 Å². The van der Waals surface area contributed by atoms with Gasteiger partial charge in [-0.15, -0.1) is 0 Å². The van der Waals surface area contributed by atoms with Crippen molar-refractivity contribution in [3.63, 3.8) is 0 Å². The second-order valence-corrected chi connectivity index (χ2v) is 3.32. The van der Waals surface area contributed by atoms with Crippen molar-refractivity contribution in [3.8, 4) is 0 Å². The van der Waals surface area contributed by atoms with E-state index in [1.165, 1.54) is 6.20 Å². The van der Waals surface area contributed by atoms with E-state index in [4.69, 9.17) is 9.47 Å². The molecule has 0 fully saturated rings. The number of rotatable bonds is 7. The predicted octanol–water partition coefficient (Wildman–Crippen LogP) is 1.49. The average molecular weight is 226 g/mol. The predicted molar refractivity (Wildman–Crippen MR) is 59.3 cm³/mol. The van der Waals surface area contributed by atoms with E-state index in [1.807, 2.05) is 0 Å². The summed E-state index contributed by atoms with van der Waals surface area (Å²) in [5.41, 5.74) is 0.484. The molecule has 1 heterocycles. The van der Waals surface area contributed by atoms with Gasteiger partial charge in [-0.1, -0.05) is 6.92 Å². The first kappa shape index (κ1) is 12.7. The Labute approximate surface area is 95.3 Å². The van der Waals surface area contributed by atoms with Gasteiger partial charge in [0.15, 0.2) is 0 Å². The molecule has 0 amide bonds. The highest BCUT2D eigenvalue weighted by Crippen LogP contribution is 2.00. The Morgan fingerprint density at radius 2 is 2.25 bits per heavy atom. The van der Waals surface area contributed by atoms with E-state index in [0.717, 1.165) is 13.0 Å². The van der Waals surface area contributed by atoms with E-state index in [2.05, 4.69) is 12.0 Å². The van der Waals surface area contributed by atoms with Gasteiger partial charge in [-0.25, -0.2) is 4.79 Å². The molecular formula is C11H18N2O3. The third-order valence-corrected chi connectivity index (χ3v) is 1.96. The van der Waals surface area contributed by atoms with Gasteiger partial charge >= 0.3 is 5.97 Å². The molecule has 1 aromatic heterocycles. The van der Waals surface area contributed by atoms with Gasteiger partial charge in [0.25, 0.3) is 0 Å². The molecule has 0 aliphatic heterocycles. The van der Waals surface area contributed by atoms with Crippen LogP contribution in [0.1, 0.15) is 30.6 Å². The van der Waals surface area contributed by atoms with Crippen LogP contribution < -0.4 is 0 Å². The average Bonchev–Trinajstić information content (AvgIpc) is 2.73. The summed E-state index contributed by atoms with van der Waals surface area (Å²) in [7, 11) is 0. The highest BCUT2D eigenvalue weighted by atomic mass is 16.5. The Balaban J connectivity index is 2.36. The summed E-state index contributed by atoms with van der Waals surface area (Å²) in [4.78, 5) is 11.3. The fourth-order valence-electron chi connectivity index (χ4n) is 1.21. The molecule has 0 aliphatic rings. The normalized spacial score (nSPS) is 10.4. The molecule has 5 heteroatoms. The summed E-state index contributed by atoms with van der Waals surface area (Å²) in [6, 6.07) is 0. The van der Waals surface area contributed by atoms with Crippen LogP contribution in [0.5, 0.6) is 0 Å². The molecule has 90 valence electrons. The van der Waals surface area contributed by atoms with Gasteiger partial charge in [0.1, 0.15) is 0 Å². The molecule has 0 aliphatic carbocycles. The highest BCUT2D eigenvalue weighted by Gasteiger charge is 2.08. The second-order valence-electron chi connectivity index (χ2n) is 3.32. The van der Waals surface area contributed by atoms with Gasteiger partial charge in [0, 0.05) is 12.8 Å². The van der Waals surface area contributed by atoms with E-state index in [1.54, 1.807) is 17.8 Å². The monoisotopic (exact) mass is 226 g/mol. The molecular weight excluding hydrogens is 208 g/mol. The molecule has 0 atom stereocenters. The van der Waals surface area contributed by atoms with E-state index >= 15 is 0 Å². The molecule has 1 rings (SSSR count). The van der Waals surface area contributed by atoms with Crippen molar-refractivity contribution in [3.05, 3.63) is 18.0 Å². The maximum atomic E-state index is 11.3. The minimum atomic E-state index is -0.330. The number of nitrogens with zero attached hydrogens (tertiary/aromatic N) is 2. The zero-order chi connectivity index (χ0) is 11.8. The number of carbonyl (C=O) groups is 1. The summed E-state index contributed by atoms with van der Waals surface area (Å²) in [6.07, 6.45) is 4.19. The van der Waals surface area contributed by atoms with Crippen molar-refractivity contribution in [2.45, 2.75) is 26.8 Å². The largest absolute Gasteiger partial charge is 0.462 e.